The van der Waals surface area contributed by atoms with E-state index in [2.05, 4.69) is 20.7 Å². The van der Waals surface area contributed by atoms with Crippen LogP contribution in [0.25, 0.3) is 0 Å². The molecule has 2 rings (SSSR count). The first kappa shape index (κ1) is 13.5. The summed E-state index contributed by atoms with van der Waals surface area (Å²) in [4.78, 5) is 0. The molecule has 1 aromatic carbocycles. The van der Waals surface area contributed by atoms with Crippen molar-refractivity contribution in [2.45, 2.75) is 19.1 Å². The maximum absolute atomic E-state index is 13.0. The average molecular weight is 270 g/mol. The Balaban J connectivity index is 2.48. The van der Waals surface area contributed by atoms with Gasteiger partial charge in [0.1, 0.15) is 5.69 Å². The normalized spacial score (nSPS) is 13.5. The minimum absolute atomic E-state index is 0.144. The molecule has 1 aromatic heterocycles. The quantitative estimate of drug-likeness (QED) is 0.897. The standard InChI is InChI=1S/C12H13F3N4/c1-2-16-11(10-7-17-19-18-10)8-5-3-4-6-9(8)12(13,14)15/h3-7,11,16H,2H2,1H3,(H,17,18,19). The molecule has 0 amide bonds. The smallest absolute Gasteiger partial charge is 0.305 e. The third-order valence-electron chi connectivity index (χ3n) is 2.71. The Labute approximate surface area is 108 Å². The van der Waals surface area contributed by atoms with Crippen molar-refractivity contribution in [2.24, 2.45) is 0 Å². The number of benzene rings is 1. The molecule has 7 heteroatoms. The lowest BCUT2D eigenvalue weighted by Gasteiger charge is -2.20. The van der Waals surface area contributed by atoms with Crippen LogP contribution in [0.2, 0.25) is 0 Å². The Morgan fingerprint density at radius 2 is 2.05 bits per heavy atom. The summed E-state index contributed by atoms with van der Waals surface area (Å²) in [7, 11) is 0. The largest absolute Gasteiger partial charge is 0.416 e. The maximum atomic E-state index is 13.0. The number of hydrogen-bond acceptors (Lipinski definition) is 3. The molecule has 0 spiro atoms. The highest BCUT2D eigenvalue weighted by Gasteiger charge is 2.35. The van der Waals surface area contributed by atoms with Gasteiger partial charge in [0.2, 0.25) is 0 Å². The van der Waals surface area contributed by atoms with Gasteiger partial charge in [0.25, 0.3) is 0 Å². The highest BCUT2D eigenvalue weighted by atomic mass is 19.4. The Kier molecular flexibility index (Phi) is 3.84. The van der Waals surface area contributed by atoms with Gasteiger partial charge < -0.3 is 5.32 Å². The Hall–Kier alpha value is -1.89. The van der Waals surface area contributed by atoms with Crippen LogP contribution in [0.3, 0.4) is 0 Å². The van der Waals surface area contributed by atoms with E-state index in [1.807, 2.05) is 6.92 Å². The van der Waals surface area contributed by atoms with E-state index in [-0.39, 0.29) is 5.56 Å². The fraction of sp³-hybridized carbons (Fsp3) is 0.333. The fourth-order valence-corrected chi connectivity index (χ4v) is 1.93. The topological polar surface area (TPSA) is 53.6 Å². The molecule has 2 N–H and O–H groups in total. The molecular weight excluding hydrogens is 257 g/mol. The molecular formula is C12H13F3N4. The van der Waals surface area contributed by atoms with Crippen molar-refractivity contribution in [3.8, 4) is 0 Å². The molecule has 0 saturated heterocycles. The molecule has 0 bridgehead atoms. The zero-order valence-corrected chi connectivity index (χ0v) is 10.2. The van der Waals surface area contributed by atoms with E-state index in [1.165, 1.54) is 18.3 Å². The predicted molar refractivity (Wildman–Crippen MR) is 63.3 cm³/mol. The summed E-state index contributed by atoms with van der Waals surface area (Å²) in [6.07, 6.45) is -2.98. The van der Waals surface area contributed by atoms with Crippen molar-refractivity contribution in [3.63, 3.8) is 0 Å². The van der Waals surface area contributed by atoms with Crippen molar-refractivity contribution in [2.75, 3.05) is 6.54 Å². The minimum atomic E-state index is -4.39. The van der Waals surface area contributed by atoms with Crippen LogP contribution >= 0.6 is 0 Å². The molecule has 0 saturated carbocycles. The van der Waals surface area contributed by atoms with Gasteiger partial charge in [-0.2, -0.15) is 28.6 Å². The molecule has 1 atom stereocenters. The van der Waals surface area contributed by atoms with Crippen LogP contribution in [0.5, 0.6) is 0 Å². The summed E-state index contributed by atoms with van der Waals surface area (Å²) >= 11 is 0. The number of nitrogens with zero attached hydrogens (tertiary/aromatic N) is 2. The summed E-state index contributed by atoms with van der Waals surface area (Å²) in [6.45, 7) is 2.34. The van der Waals surface area contributed by atoms with Gasteiger partial charge in [-0.1, -0.05) is 25.1 Å². The zero-order valence-electron chi connectivity index (χ0n) is 10.2. The highest BCUT2D eigenvalue weighted by molar-refractivity contribution is 5.36. The van der Waals surface area contributed by atoms with E-state index < -0.39 is 17.8 Å². The maximum Gasteiger partial charge on any atom is 0.416 e. The number of H-pyrrole nitrogens is 1. The molecule has 1 heterocycles. The summed E-state index contributed by atoms with van der Waals surface area (Å²) in [6, 6.07) is 4.83. The fourth-order valence-electron chi connectivity index (χ4n) is 1.93. The Morgan fingerprint density at radius 1 is 1.32 bits per heavy atom. The lowest BCUT2D eigenvalue weighted by molar-refractivity contribution is -0.138. The van der Waals surface area contributed by atoms with E-state index in [0.29, 0.717) is 12.2 Å². The molecule has 1 unspecified atom stereocenters. The predicted octanol–water partition coefficient (Wildman–Crippen LogP) is 2.52. The van der Waals surface area contributed by atoms with Gasteiger partial charge in [0, 0.05) is 0 Å². The number of halogens is 3. The van der Waals surface area contributed by atoms with Crippen LogP contribution in [-0.2, 0) is 6.18 Å². The minimum Gasteiger partial charge on any atom is -0.305 e. The number of hydrogen-bond donors (Lipinski definition) is 2. The molecule has 0 aliphatic carbocycles. The van der Waals surface area contributed by atoms with Crippen molar-refractivity contribution >= 4 is 0 Å². The number of nitrogens with one attached hydrogen (secondary N) is 2. The number of alkyl halides is 3. The highest BCUT2D eigenvalue weighted by Crippen LogP contribution is 2.35. The van der Waals surface area contributed by atoms with Gasteiger partial charge in [-0.25, -0.2) is 0 Å². The molecule has 2 aromatic rings. The van der Waals surface area contributed by atoms with Crippen LogP contribution in [-0.4, -0.2) is 22.0 Å². The first-order valence-electron chi connectivity index (χ1n) is 5.79. The van der Waals surface area contributed by atoms with E-state index in [9.17, 15) is 13.2 Å². The second kappa shape index (κ2) is 5.40. The van der Waals surface area contributed by atoms with Crippen LogP contribution in [0, 0.1) is 0 Å². The third kappa shape index (κ3) is 2.93. The summed E-state index contributed by atoms with van der Waals surface area (Å²) in [5, 5.41) is 12.9. The Morgan fingerprint density at radius 3 is 2.63 bits per heavy atom. The average Bonchev–Trinajstić information content (AvgIpc) is 2.88. The van der Waals surface area contributed by atoms with Gasteiger partial charge >= 0.3 is 6.18 Å². The van der Waals surface area contributed by atoms with Crippen LogP contribution in [0.1, 0.15) is 29.8 Å². The SMILES string of the molecule is CCNC(c1cn[nH]n1)c1ccccc1C(F)(F)F. The third-order valence-corrected chi connectivity index (χ3v) is 2.71. The van der Waals surface area contributed by atoms with Gasteiger partial charge in [0.05, 0.1) is 17.8 Å². The number of aromatic amines is 1. The van der Waals surface area contributed by atoms with E-state index in [0.717, 1.165) is 6.07 Å². The lowest BCUT2D eigenvalue weighted by atomic mass is 9.98. The van der Waals surface area contributed by atoms with Gasteiger partial charge in [-0.15, -0.1) is 0 Å². The number of rotatable bonds is 4. The van der Waals surface area contributed by atoms with Crippen LogP contribution in [0.4, 0.5) is 13.2 Å². The van der Waals surface area contributed by atoms with Crippen LogP contribution < -0.4 is 5.32 Å². The molecule has 4 nitrogen and oxygen atoms in total. The van der Waals surface area contributed by atoms with Crippen molar-refractivity contribution in [1.82, 2.24) is 20.7 Å². The van der Waals surface area contributed by atoms with E-state index in [4.69, 9.17) is 0 Å². The zero-order chi connectivity index (χ0) is 13.9. The van der Waals surface area contributed by atoms with E-state index in [1.54, 1.807) is 6.07 Å². The van der Waals surface area contributed by atoms with Crippen LogP contribution in [0.15, 0.2) is 30.5 Å². The van der Waals surface area contributed by atoms with Gasteiger partial charge in [-0.3, -0.25) is 0 Å². The number of aromatic nitrogens is 3. The second-order valence-electron chi connectivity index (χ2n) is 3.97. The van der Waals surface area contributed by atoms with Gasteiger partial charge in [0.15, 0.2) is 0 Å². The van der Waals surface area contributed by atoms with Crippen molar-refractivity contribution in [3.05, 3.63) is 47.3 Å². The summed E-state index contributed by atoms with van der Waals surface area (Å²) in [5.41, 5.74) is -0.0896. The van der Waals surface area contributed by atoms with Gasteiger partial charge in [-0.05, 0) is 18.2 Å². The molecule has 0 aliphatic heterocycles. The molecule has 102 valence electrons. The monoisotopic (exact) mass is 270 g/mol. The van der Waals surface area contributed by atoms with E-state index >= 15 is 0 Å². The lowest BCUT2D eigenvalue weighted by Crippen LogP contribution is -2.25. The molecule has 0 fully saturated rings. The summed E-state index contributed by atoms with van der Waals surface area (Å²) < 4.78 is 39.1. The molecule has 19 heavy (non-hydrogen) atoms. The van der Waals surface area contributed by atoms with Crippen molar-refractivity contribution < 1.29 is 13.2 Å². The molecule has 0 aliphatic rings. The Bertz CT molecular complexity index is 522. The summed E-state index contributed by atoms with van der Waals surface area (Å²) in [5.74, 6) is 0. The molecule has 0 radical (unpaired) electrons. The first-order chi connectivity index (χ1) is 9.04. The second-order valence-corrected chi connectivity index (χ2v) is 3.97. The first-order valence-corrected chi connectivity index (χ1v) is 5.79. The van der Waals surface area contributed by atoms with Crippen molar-refractivity contribution in [1.29, 1.82) is 0 Å².